The van der Waals surface area contributed by atoms with Crippen molar-refractivity contribution >= 4 is 5.78 Å². The van der Waals surface area contributed by atoms with Gasteiger partial charge in [-0.15, -0.1) is 0 Å². The van der Waals surface area contributed by atoms with Gasteiger partial charge in [-0.3, -0.25) is 4.79 Å². The Bertz CT molecular complexity index is 380. The molecule has 1 nitrogen and oxygen atoms in total. The van der Waals surface area contributed by atoms with Gasteiger partial charge in [-0.25, -0.2) is 4.39 Å². The number of halogens is 1. The van der Waals surface area contributed by atoms with E-state index < -0.39 is 0 Å². The Hall–Kier alpha value is -1.18. The quantitative estimate of drug-likeness (QED) is 0.744. The van der Waals surface area contributed by atoms with Crippen LogP contribution in [0.25, 0.3) is 0 Å². The molecule has 0 aliphatic carbocycles. The first-order valence-electron chi connectivity index (χ1n) is 5.20. The molecule has 0 heterocycles. The van der Waals surface area contributed by atoms with E-state index in [1.165, 1.54) is 6.07 Å². The Kier molecular flexibility index (Phi) is 3.61. The van der Waals surface area contributed by atoms with Crippen LogP contribution in [-0.4, -0.2) is 5.78 Å². The van der Waals surface area contributed by atoms with Gasteiger partial charge >= 0.3 is 0 Å². The van der Waals surface area contributed by atoms with Crippen LogP contribution in [0.5, 0.6) is 0 Å². The molecule has 0 radical (unpaired) electrons. The van der Waals surface area contributed by atoms with E-state index in [9.17, 15) is 9.18 Å². The van der Waals surface area contributed by atoms with Crippen LogP contribution in [-0.2, 0) is 11.2 Å². The maximum Gasteiger partial charge on any atom is 0.134 e. The predicted octanol–water partition coefficient (Wildman–Crippen LogP) is 3.39. The number of carbonyl (C=O) groups is 1. The minimum absolute atomic E-state index is 0.111. The Balaban J connectivity index is 3.17. The molecular weight excluding hydrogens is 191 g/mol. The molecule has 0 aliphatic heterocycles. The van der Waals surface area contributed by atoms with Crippen molar-refractivity contribution in [3.05, 3.63) is 34.6 Å². The molecule has 0 unspecified atom stereocenters. The van der Waals surface area contributed by atoms with Crippen LogP contribution in [0.4, 0.5) is 4.39 Å². The Labute approximate surface area is 90.3 Å². The van der Waals surface area contributed by atoms with Gasteiger partial charge in [0.25, 0.3) is 0 Å². The molecule has 2 heteroatoms. The summed E-state index contributed by atoms with van der Waals surface area (Å²) in [5, 5.41) is 0. The van der Waals surface area contributed by atoms with E-state index in [1.807, 2.05) is 26.8 Å². The molecule has 0 amide bonds. The minimum Gasteiger partial charge on any atom is -0.300 e. The number of aryl methyl sites for hydroxylation is 1. The van der Waals surface area contributed by atoms with Gasteiger partial charge in [0.1, 0.15) is 11.6 Å². The lowest BCUT2D eigenvalue weighted by atomic mass is 9.95. The van der Waals surface area contributed by atoms with E-state index in [0.29, 0.717) is 12.0 Å². The van der Waals surface area contributed by atoms with E-state index in [-0.39, 0.29) is 17.5 Å². The molecule has 0 saturated carbocycles. The summed E-state index contributed by atoms with van der Waals surface area (Å²) in [5.41, 5.74) is 2.48. The van der Waals surface area contributed by atoms with Crippen molar-refractivity contribution in [2.24, 2.45) is 0 Å². The van der Waals surface area contributed by atoms with Gasteiger partial charge in [-0.05, 0) is 42.5 Å². The number of ketones is 1. The first-order chi connectivity index (χ1) is 6.91. The highest BCUT2D eigenvalue weighted by molar-refractivity contribution is 5.78. The number of Topliss-reactive ketones (excluding diaryl/α,β-unsaturated/α-hetero) is 1. The van der Waals surface area contributed by atoms with Crippen molar-refractivity contribution < 1.29 is 9.18 Å². The van der Waals surface area contributed by atoms with Crippen LogP contribution in [0.2, 0.25) is 0 Å². The third kappa shape index (κ3) is 2.88. The van der Waals surface area contributed by atoms with Crippen molar-refractivity contribution in [1.29, 1.82) is 0 Å². The van der Waals surface area contributed by atoms with Crippen molar-refractivity contribution in [1.82, 2.24) is 0 Å². The third-order valence-corrected chi connectivity index (χ3v) is 2.52. The summed E-state index contributed by atoms with van der Waals surface area (Å²) in [6, 6.07) is 3.34. The molecule has 1 rings (SSSR count). The first kappa shape index (κ1) is 11.9. The lowest BCUT2D eigenvalue weighted by molar-refractivity contribution is -0.116. The summed E-state index contributed by atoms with van der Waals surface area (Å²) >= 11 is 0. The maximum atomic E-state index is 13.5. The lowest BCUT2D eigenvalue weighted by Gasteiger charge is -2.11. The van der Waals surface area contributed by atoms with Crippen molar-refractivity contribution in [3.63, 3.8) is 0 Å². The minimum atomic E-state index is -0.171. The van der Waals surface area contributed by atoms with Crippen LogP contribution in [0, 0.1) is 12.7 Å². The molecule has 0 fully saturated rings. The summed E-state index contributed by atoms with van der Waals surface area (Å²) in [5.74, 6) is 0.0884. The molecule has 82 valence electrons. The largest absolute Gasteiger partial charge is 0.300 e. The first-order valence-corrected chi connectivity index (χ1v) is 5.20. The zero-order chi connectivity index (χ0) is 11.6. The van der Waals surface area contributed by atoms with E-state index >= 15 is 0 Å². The van der Waals surface area contributed by atoms with Crippen LogP contribution in [0.1, 0.15) is 43.4 Å². The van der Waals surface area contributed by atoms with Crippen LogP contribution in [0.3, 0.4) is 0 Å². The molecule has 15 heavy (non-hydrogen) atoms. The van der Waals surface area contributed by atoms with Gasteiger partial charge < -0.3 is 0 Å². The van der Waals surface area contributed by atoms with Crippen molar-refractivity contribution in [3.8, 4) is 0 Å². The van der Waals surface area contributed by atoms with Gasteiger partial charge in [0, 0.05) is 6.42 Å². The molecule has 1 aromatic carbocycles. The zero-order valence-corrected chi connectivity index (χ0v) is 9.73. The fourth-order valence-corrected chi connectivity index (χ4v) is 1.64. The summed E-state index contributed by atoms with van der Waals surface area (Å²) in [6.07, 6.45) is 0.395. The second kappa shape index (κ2) is 4.56. The van der Waals surface area contributed by atoms with E-state index in [2.05, 4.69) is 0 Å². The van der Waals surface area contributed by atoms with Gasteiger partial charge in [0.2, 0.25) is 0 Å². The molecule has 0 spiro atoms. The standard InChI is InChI=1S/C13H17FO/c1-8(2)12-7-11(6-10(4)15)9(3)5-13(12)14/h5,7-8H,6H2,1-4H3. The van der Waals surface area contributed by atoms with E-state index in [4.69, 9.17) is 0 Å². The van der Waals surface area contributed by atoms with E-state index in [1.54, 1.807) is 6.92 Å². The SMILES string of the molecule is CC(=O)Cc1cc(C(C)C)c(F)cc1C. The smallest absolute Gasteiger partial charge is 0.134 e. The van der Waals surface area contributed by atoms with Gasteiger partial charge in [0.05, 0.1) is 0 Å². The summed E-state index contributed by atoms with van der Waals surface area (Å²) < 4.78 is 13.5. The maximum absolute atomic E-state index is 13.5. The molecule has 0 N–H and O–H groups in total. The van der Waals surface area contributed by atoms with E-state index in [0.717, 1.165) is 11.1 Å². The van der Waals surface area contributed by atoms with Gasteiger partial charge in [-0.2, -0.15) is 0 Å². The summed E-state index contributed by atoms with van der Waals surface area (Å²) in [6.45, 7) is 7.29. The number of hydrogen-bond acceptors (Lipinski definition) is 1. The summed E-state index contributed by atoms with van der Waals surface area (Å²) in [7, 11) is 0. The number of carbonyl (C=O) groups excluding carboxylic acids is 1. The average molecular weight is 208 g/mol. The molecule has 0 aliphatic rings. The molecule has 0 atom stereocenters. The fraction of sp³-hybridized carbons (Fsp3) is 0.462. The highest BCUT2D eigenvalue weighted by Gasteiger charge is 2.11. The number of benzene rings is 1. The second-order valence-electron chi connectivity index (χ2n) is 4.33. The Morgan fingerprint density at radius 3 is 2.47 bits per heavy atom. The van der Waals surface area contributed by atoms with Gasteiger partial charge in [-0.1, -0.05) is 19.9 Å². The molecular formula is C13H17FO. The summed E-state index contributed by atoms with van der Waals surface area (Å²) in [4.78, 5) is 11.0. The van der Waals surface area contributed by atoms with Crippen LogP contribution >= 0.6 is 0 Å². The third-order valence-electron chi connectivity index (χ3n) is 2.52. The monoisotopic (exact) mass is 208 g/mol. The second-order valence-corrected chi connectivity index (χ2v) is 4.33. The van der Waals surface area contributed by atoms with Crippen LogP contribution in [0.15, 0.2) is 12.1 Å². The fourth-order valence-electron chi connectivity index (χ4n) is 1.64. The molecule has 0 saturated heterocycles. The normalized spacial score (nSPS) is 10.8. The number of rotatable bonds is 3. The predicted molar refractivity (Wildman–Crippen MR) is 59.6 cm³/mol. The topological polar surface area (TPSA) is 17.1 Å². The van der Waals surface area contributed by atoms with Crippen LogP contribution < -0.4 is 0 Å². The highest BCUT2D eigenvalue weighted by Crippen LogP contribution is 2.22. The highest BCUT2D eigenvalue weighted by atomic mass is 19.1. The lowest BCUT2D eigenvalue weighted by Crippen LogP contribution is -2.03. The van der Waals surface area contributed by atoms with Crippen molar-refractivity contribution in [2.45, 2.75) is 40.0 Å². The van der Waals surface area contributed by atoms with Gasteiger partial charge in [0.15, 0.2) is 0 Å². The zero-order valence-electron chi connectivity index (χ0n) is 9.73. The van der Waals surface area contributed by atoms with Crippen molar-refractivity contribution in [2.75, 3.05) is 0 Å². The molecule has 0 aromatic heterocycles. The average Bonchev–Trinajstić information content (AvgIpc) is 2.08. The Morgan fingerprint density at radius 1 is 1.40 bits per heavy atom. The molecule has 1 aromatic rings. The Morgan fingerprint density at radius 2 is 2.00 bits per heavy atom. The molecule has 0 bridgehead atoms. The number of hydrogen-bond donors (Lipinski definition) is 0.